The van der Waals surface area contributed by atoms with Gasteiger partial charge < -0.3 is 20.1 Å². The Morgan fingerprint density at radius 1 is 1.00 bits per heavy atom. The first-order valence-electron chi connectivity index (χ1n) is 7.31. The number of ether oxygens (including phenoxy) is 2. The molecular formula is C17H15BrN2O4. The van der Waals surface area contributed by atoms with Crippen LogP contribution in [0.15, 0.2) is 46.9 Å². The molecule has 3 rings (SSSR count). The number of hydrogen-bond donors (Lipinski definition) is 2. The number of benzene rings is 2. The molecule has 2 amide bonds. The van der Waals surface area contributed by atoms with E-state index in [-0.39, 0.29) is 31.6 Å². The van der Waals surface area contributed by atoms with Crippen molar-refractivity contribution in [1.82, 2.24) is 5.32 Å². The number of nitrogens with one attached hydrogen (secondary N) is 2. The van der Waals surface area contributed by atoms with E-state index in [2.05, 4.69) is 26.6 Å². The summed E-state index contributed by atoms with van der Waals surface area (Å²) >= 11 is 3.34. The van der Waals surface area contributed by atoms with Crippen molar-refractivity contribution in [1.29, 1.82) is 0 Å². The Kier molecular flexibility index (Phi) is 5.00. The number of anilines is 1. The van der Waals surface area contributed by atoms with Crippen LogP contribution in [-0.4, -0.2) is 25.2 Å². The summed E-state index contributed by atoms with van der Waals surface area (Å²) in [5.41, 5.74) is 1.47. The highest BCUT2D eigenvalue weighted by atomic mass is 79.9. The molecule has 0 bridgehead atoms. The van der Waals surface area contributed by atoms with Gasteiger partial charge in [-0.15, -0.1) is 0 Å². The van der Waals surface area contributed by atoms with Crippen molar-refractivity contribution in [3.8, 4) is 11.5 Å². The summed E-state index contributed by atoms with van der Waals surface area (Å²) < 4.78 is 11.4. The summed E-state index contributed by atoms with van der Waals surface area (Å²) in [5, 5.41) is 5.30. The van der Waals surface area contributed by atoms with Crippen LogP contribution in [0, 0.1) is 0 Å². The Morgan fingerprint density at radius 2 is 1.75 bits per heavy atom. The Bertz CT molecular complexity index is 762. The molecule has 0 saturated carbocycles. The molecule has 24 heavy (non-hydrogen) atoms. The normalized spacial score (nSPS) is 11.9. The number of carbonyl (C=O) groups excluding carboxylic acids is 2. The van der Waals surface area contributed by atoms with Gasteiger partial charge in [-0.3, -0.25) is 9.59 Å². The van der Waals surface area contributed by atoms with Crippen LogP contribution in [0.2, 0.25) is 0 Å². The largest absolute Gasteiger partial charge is 0.454 e. The summed E-state index contributed by atoms with van der Waals surface area (Å²) in [6, 6.07) is 12.6. The monoisotopic (exact) mass is 390 g/mol. The van der Waals surface area contributed by atoms with Crippen LogP contribution in [-0.2, 0) is 16.0 Å². The van der Waals surface area contributed by atoms with Gasteiger partial charge in [-0.1, -0.05) is 28.1 Å². The van der Waals surface area contributed by atoms with Crippen molar-refractivity contribution in [2.45, 2.75) is 6.42 Å². The SMILES string of the molecule is O=C(Cc1ccc(Br)cc1)NCC(=O)Nc1ccc2c(c1)OCO2. The van der Waals surface area contributed by atoms with Gasteiger partial charge in [0.25, 0.3) is 0 Å². The Balaban J connectivity index is 1.46. The zero-order chi connectivity index (χ0) is 16.9. The third kappa shape index (κ3) is 4.26. The summed E-state index contributed by atoms with van der Waals surface area (Å²) in [6.45, 7) is 0.0860. The fraction of sp³-hybridized carbons (Fsp3) is 0.176. The van der Waals surface area contributed by atoms with E-state index in [0.717, 1.165) is 10.0 Å². The van der Waals surface area contributed by atoms with Gasteiger partial charge in [-0.05, 0) is 29.8 Å². The van der Waals surface area contributed by atoms with E-state index in [9.17, 15) is 9.59 Å². The van der Waals surface area contributed by atoms with Crippen LogP contribution in [0.5, 0.6) is 11.5 Å². The van der Waals surface area contributed by atoms with Crippen molar-refractivity contribution in [2.75, 3.05) is 18.7 Å². The summed E-state index contributed by atoms with van der Waals surface area (Å²) in [6.07, 6.45) is 0.227. The quantitative estimate of drug-likeness (QED) is 0.821. The lowest BCUT2D eigenvalue weighted by Gasteiger charge is -2.08. The molecule has 0 aliphatic carbocycles. The Hall–Kier alpha value is -2.54. The van der Waals surface area contributed by atoms with Gasteiger partial charge in [0.2, 0.25) is 18.6 Å². The number of carbonyl (C=O) groups is 2. The van der Waals surface area contributed by atoms with Crippen molar-refractivity contribution in [2.24, 2.45) is 0 Å². The average Bonchev–Trinajstić information content (AvgIpc) is 3.03. The molecule has 0 radical (unpaired) electrons. The molecule has 0 spiro atoms. The lowest BCUT2D eigenvalue weighted by molar-refractivity contribution is -0.123. The fourth-order valence-electron chi connectivity index (χ4n) is 2.21. The summed E-state index contributed by atoms with van der Waals surface area (Å²) in [4.78, 5) is 23.8. The molecule has 0 atom stereocenters. The van der Waals surface area contributed by atoms with Gasteiger partial charge >= 0.3 is 0 Å². The molecular weight excluding hydrogens is 376 g/mol. The lowest BCUT2D eigenvalue weighted by Crippen LogP contribution is -2.33. The molecule has 2 N–H and O–H groups in total. The van der Waals surface area contributed by atoms with E-state index < -0.39 is 0 Å². The number of halogens is 1. The maximum Gasteiger partial charge on any atom is 0.243 e. The maximum absolute atomic E-state index is 11.9. The van der Waals surface area contributed by atoms with Crippen molar-refractivity contribution >= 4 is 33.4 Å². The van der Waals surface area contributed by atoms with Gasteiger partial charge in [-0.2, -0.15) is 0 Å². The molecule has 7 heteroatoms. The third-order valence-corrected chi connectivity index (χ3v) is 3.91. The lowest BCUT2D eigenvalue weighted by atomic mass is 10.1. The predicted octanol–water partition coefficient (Wildman–Crippen LogP) is 2.48. The predicted molar refractivity (Wildman–Crippen MR) is 92.1 cm³/mol. The average molecular weight is 391 g/mol. The zero-order valence-electron chi connectivity index (χ0n) is 12.7. The molecule has 6 nitrogen and oxygen atoms in total. The van der Waals surface area contributed by atoms with E-state index in [1.165, 1.54) is 0 Å². The van der Waals surface area contributed by atoms with Crippen LogP contribution in [0.3, 0.4) is 0 Å². The number of hydrogen-bond acceptors (Lipinski definition) is 4. The van der Waals surface area contributed by atoms with Crippen molar-refractivity contribution in [3.05, 3.63) is 52.5 Å². The number of fused-ring (bicyclic) bond motifs is 1. The molecule has 1 heterocycles. The zero-order valence-corrected chi connectivity index (χ0v) is 14.3. The highest BCUT2D eigenvalue weighted by Crippen LogP contribution is 2.34. The standard InChI is InChI=1S/C17H15BrN2O4/c18-12-3-1-11(2-4-12)7-16(21)19-9-17(22)20-13-5-6-14-15(8-13)24-10-23-14/h1-6,8H,7,9-10H2,(H,19,21)(H,20,22). The van der Waals surface area contributed by atoms with E-state index >= 15 is 0 Å². The van der Waals surface area contributed by atoms with E-state index in [4.69, 9.17) is 9.47 Å². The van der Waals surface area contributed by atoms with Crippen LogP contribution in [0.1, 0.15) is 5.56 Å². The molecule has 0 aromatic heterocycles. The first-order valence-corrected chi connectivity index (χ1v) is 8.10. The van der Waals surface area contributed by atoms with Crippen LogP contribution in [0.4, 0.5) is 5.69 Å². The molecule has 1 aliphatic rings. The van der Waals surface area contributed by atoms with Crippen molar-refractivity contribution < 1.29 is 19.1 Å². The van der Waals surface area contributed by atoms with E-state index in [1.54, 1.807) is 18.2 Å². The molecule has 0 saturated heterocycles. The molecule has 2 aromatic rings. The van der Waals surface area contributed by atoms with Gasteiger partial charge in [0, 0.05) is 16.2 Å². The topological polar surface area (TPSA) is 76.7 Å². The molecule has 1 aliphatic heterocycles. The summed E-state index contributed by atoms with van der Waals surface area (Å²) in [7, 11) is 0. The van der Waals surface area contributed by atoms with Gasteiger partial charge in [0.05, 0.1) is 13.0 Å². The second-order valence-corrected chi connectivity index (χ2v) is 6.11. The first-order chi connectivity index (χ1) is 11.6. The van der Waals surface area contributed by atoms with E-state index in [1.807, 2.05) is 24.3 Å². The van der Waals surface area contributed by atoms with Crippen molar-refractivity contribution in [3.63, 3.8) is 0 Å². The minimum absolute atomic E-state index is 0.0934. The molecule has 0 fully saturated rings. The van der Waals surface area contributed by atoms with Crippen LogP contribution < -0.4 is 20.1 Å². The first kappa shape index (κ1) is 16.3. The highest BCUT2D eigenvalue weighted by molar-refractivity contribution is 9.10. The molecule has 2 aromatic carbocycles. The maximum atomic E-state index is 11.9. The smallest absolute Gasteiger partial charge is 0.243 e. The van der Waals surface area contributed by atoms with Gasteiger partial charge in [-0.25, -0.2) is 0 Å². The van der Waals surface area contributed by atoms with Crippen LogP contribution in [0.25, 0.3) is 0 Å². The number of rotatable bonds is 5. The highest BCUT2D eigenvalue weighted by Gasteiger charge is 2.14. The van der Waals surface area contributed by atoms with E-state index in [0.29, 0.717) is 17.2 Å². The fourth-order valence-corrected chi connectivity index (χ4v) is 2.47. The van der Waals surface area contributed by atoms with Gasteiger partial charge in [0.1, 0.15) is 0 Å². The Labute approximate surface area is 147 Å². The third-order valence-electron chi connectivity index (χ3n) is 3.38. The van der Waals surface area contributed by atoms with Crippen LogP contribution >= 0.6 is 15.9 Å². The molecule has 124 valence electrons. The second kappa shape index (κ2) is 7.35. The summed E-state index contributed by atoms with van der Waals surface area (Å²) in [5.74, 6) is 0.721. The number of amides is 2. The van der Waals surface area contributed by atoms with Gasteiger partial charge in [0.15, 0.2) is 11.5 Å². The molecule has 0 unspecified atom stereocenters. The minimum Gasteiger partial charge on any atom is -0.454 e. The second-order valence-electron chi connectivity index (χ2n) is 5.20. The minimum atomic E-state index is -0.307. The Morgan fingerprint density at radius 3 is 2.54 bits per heavy atom.